The van der Waals surface area contributed by atoms with Crippen LogP contribution in [0.5, 0.6) is 0 Å². The van der Waals surface area contributed by atoms with Crippen molar-refractivity contribution in [1.29, 1.82) is 0 Å². The molecule has 120 heavy (non-hydrogen) atoms. The summed E-state index contributed by atoms with van der Waals surface area (Å²) in [4.78, 5) is 47.6. The molecule has 8 aromatic carbocycles. The van der Waals surface area contributed by atoms with E-state index < -0.39 is 0 Å². The number of aryl methyl sites for hydroxylation is 14. The van der Waals surface area contributed by atoms with E-state index in [-0.39, 0.29) is 5.82 Å². The molecule has 0 saturated carbocycles. The number of rotatable bonds is 20. The number of thiophene rings is 1. The molecule has 0 amide bonds. The van der Waals surface area contributed by atoms with Gasteiger partial charge in [0.05, 0.1) is 56.1 Å². The van der Waals surface area contributed by atoms with E-state index >= 15 is 0 Å². The molecule has 594 valence electrons. The quantitative estimate of drug-likeness (QED) is 0.0734. The van der Waals surface area contributed by atoms with Gasteiger partial charge in [-0.15, -0.1) is 0 Å². The first kappa shape index (κ1) is 80.2. The number of halogens is 1. The third-order valence-electron chi connectivity index (χ3n) is 22.1. The van der Waals surface area contributed by atoms with Crippen LogP contribution in [0.1, 0.15) is 100 Å². The molecule has 17 aromatic rings. The van der Waals surface area contributed by atoms with Crippen LogP contribution in [-0.2, 0) is 72.5 Å². The molecule has 15 heteroatoms. The molecule has 0 radical (unpaired) electrons. The minimum Gasteiger partial charge on any atom is -0.337 e. The van der Waals surface area contributed by atoms with Crippen molar-refractivity contribution in [2.75, 3.05) is 0 Å². The Labute approximate surface area is 705 Å². The number of hydrogen-bond acceptors (Lipinski definition) is 11. The number of imidazole rings is 3. The molecule has 0 saturated heterocycles. The second-order valence-electron chi connectivity index (χ2n) is 30.8. The highest BCUT2D eigenvalue weighted by Gasteiger charge is 2.18. The molecule has 20 rings (SSSR count). The second kappa shape index (κ2) is 38.2. The number of para-hydroxylation sites is 5. The average molecular weight is 1590 g/mol. The van der Waals surface area contributed by atoms with E-state index in [0.29, 0.717) is 16.8 Å². The summed E-state index contributed by atoms with van der Waals surface area (Å²) in [6.45, 7) is 6.01. The second-order valence-corrected chi connectivity index (χ2v) is 31.6. The van der Waals surface area contributed by atoms with Crippen molar-refractivity contribution >= 4 is 83.0 Å². The van der Waals surface area contributed by atoms with Gasteiger partial charge in [0.1, 0.15) is 23.3 Å². The molecule has 1 aliphatic carbocycles. The maximum Gasteiger partial charge on any atom is 0.135 e. The van der Waals surface area contributed by atoms with Gasteiger partial charge in [0.2, 0.25) is 0 Å². The van der Waals surface area contributed by atoms with Crippen molar-refractivity contribution in [1.82, 2.24) is 53.6 Å². The van der Waals surface area contributed by atoms with Crippen LogP contribution in [0.15, 0.2) is 336 Å². The van der Waals surface area contributed by atoms with E-state index in [1.165, 1.54) is 72.1 Å². The number of fused-ring (bicyclic) bond motifs is 5. The van der Waals surface area contributed by atoms with Gasteiger partial charge in [-0.25, -0.2) is 19.3 Å². The van der Waals surface area contributed by atoms with Gasteiger partial charge in [0.25, 0.3) is 0 Å². The van der Waals surface area contributed by atoms with Crippen molar-refractivity contribution in [2.24, 2.45) is 31.1 Å². The van der Waals surface area contributed by atoms with Crippen LogP contribution in [0.3, 0.4) is 0 Å². The molecular weight excluding hydrogens is 1490 g/mol. The Hall–Kier alpha value is -13.6. The van der Waals surface area contributed by atoms with Gasteiger partial charge in [-0.05, 0) is 173 Å². The van der Waals surface area contributed by atoms with Crippen LogP contribution in [0.25, 0.3) is 94.0 Å². The zero-order valence-electron chi connectivity index (χ0n) is 68.8. The molecule has 2 aliphatic heterocycles. The fourth-order valence-corrected chi connectivity index (χ4v) is 16.0. The van der Waals surface area contributed by atoms with E-state index in [2.05, 4.69) is 278 Å². The van der Waals surface area contributed by atoms with Crippen LogP contribution in [0, 0.1) is 26.6 Å². The number of aliphatic imine (C=N–C) groups is 2. The molecule has 0 bridgehead atoms. The highest BCUT2D eigenvalue weighted by molar-refractivity contribution is 7.08. The largest absolute Gasteiger partial charge is 0.337 e. The summed E-state index contributed by atoms with van der Waals surface area (Å²) in [6.07, 6.45) is 29.0. The number of pyridine rings is 5. The molecule has 0 unspecified atom stereocenters. The third-order valence-corrected chi connectivity index (χ3v) is 22.8. The van der Waals surface area contributed by atoms with Crippen LogP contribution in [-0.4, -0.2) is 65.0 Å². The number of aromatic nitrogens is 11. The van der Waals surface area contributed by atoms with E-state index in [1.54, 1.807) is 30.4 Å². The molecule has 11 heterocycles. The lowest BCUT2D eigenvalue weighted by molar-refractivity contribution is 0.621. The first-order valence-corrected chi connectivity index (χ1v) is 42.3. The summed E-state index contributed by atoms with van der Waals surface area (Å²) in [5, 5.41) is 10.2. The predicted octanol–water partition coefficient (Wildman–Crippen LogP) is 24.2. The maximum atomic E-state index is 14.4. The lowest BCUT2D eigenvalue weighted by Gasteiger charge is -2.03. The number of nitrogens with zero attached hydrogens (tertiary/aromatic N) is 13. The predicted molar refractivity (Wildman–Crippen MR) is 494 cm³/mol. The smallest absolute Gasteiger partial charge is 0.135 e. The van der Waals surface area contributed by atoms with Crippen LogP contribution in [0.2, 0.25) is 0 Å². The normalized spacial score (nSPS) is 12.7. The lowest BCUT2D eigenvalue weighted by atomic mass is 10.1. The first-order chi connectivity index (χ1) is 58.8. The highest BCUT2D eigenvalue weighted by Crippen LogP contribution is 2.31. The fourth-order valence-electron chi connectivity index (χ4n) is 15.3. The van der Waals surface area contributed by atoms with Crippen molar-refractivity contribution in [3.8, 4) is 33.8 Å². The van der Waals surface area contributed by atoms with E-state index in [0.717, 1.165) is 179 Å². The van der Waals surface area contributed by atoms with Gasteiger partial charge in [0, 0.05) is 166 Å². The Bertz CT molecular complexity index is 6710. The van der Waals surface area contributed by atoms with Gasteiger partial charge < -0.3 is 13.7 Å². The summed E-state index contributed by atoms with van der Waals surface area (Å²) < 4.78 is 20.6. The monoisotopic (exact) mass is 1590 g/mol. The molecule has 0 fully saturated rings. The summed E-state index contributed by atoms with van der Waals surface area (Å²) in [5.74, 6) is 2.91. The van der Waals surface area contributed by atoms with Crippen molar-refractivity contribution in [3.05, 3.63) is 400 Å². The highest BCUT2D eigenvalue weighted by atomic mass is 32.1. The average Bonchev–Trinajstić information content (AvgIpc) is 1.62. The molecule has 9 aromatic heterocycles. The zero-order valence-corrected chi connectivity index (χ0v) is 69.6. The van der Waals surface area contributed by atoms with Crippen LogP contribution < -0.4 is 0 Å². The summed E-state index contributed by atoms with van der Waals surface area (Å²) in [7, 11) is 6.08. The maximum absolute atomic E-state index is 14.4. The van der Waals surface area contributed by atoms with E-state index in [4.69, 9.17) is 44.9 Å². The standard InChI is InChI=1S/C22H20FN3.2C22H21N3.C20H18N2.C19H16N2S/c1-15-6-5-8-18(22(15)23)20-14-26(2)21(25-20)13-12-17-11-10-16-7-3-4-9-19(16)24-17;1-16-7-3-5-9-19(16)21-15-25(2)22(24-21)14-13-18-12-11-17-8-4-6-10-20(17)23-18;1-16-6-5-8-18(14-16)21-15-25(2)22(24-21)13-12-19-11-10-17-7-3-4-9-20(17)23-19;1-2-6-15(5-1)20-14-13-18(22-20)12-11-17-10-9-16-7-3-4-8-19(16)21-17;1-2-4-18-14(3-1)5-6-16(20-18)7-8-17-9-10-19(21-17)15-11-12-22-13-15/h3-11,14H,12-13H2,1-2H3;3-12,15H,13-14H2,1-2H3;3-11,14-15H,12-13H2,1-2H3;1-5,7-10,14H,6,11-13H2;1-6,10-13H,7-9H2. The van der Waals surface area contributed by atoms with Gasteiger partial charge in [0.15, 0.2) is 0 Å². The van der Waals surface area contributed by atoms with Crippen LogP contribution >= 0.6 is 11.3 Å². The zero-order chi connectivity index (χ0) is 82.1. The minimum absolute atomic E-state index is 0.201. The molecular formula is C105H96FN13S. The van der Waals surface area contributed by atoms with Crippen molar-refractivity contribution in [3.63, 3.8) is 0 Å². The van der Waals surface area contributed by atoms with Gasteiger partial charge >= 0.3 is 0 Å². The molecule has 0 N–H and O–H groups in total. The lowest BCUT2D eigenvalue weighted by Crippen LogP contribution is -2.01. The molecule has 0 atom stereocenters. The van der Waals surface area contributed by atoms with Crippen LogP contribution in [0.4, 0.5) is 4.39 Å². The van der Waals surface area contributed by atoms with Crippen molar-refractivity contribution in [2.45, 2.75) is 104 Å². The number of allylic oxidation sites excluding steroid dienone is 6. The van der Waals surface area contributed by atoms with Crippen molar-refractivity contribution < 1.29 is 4.39 Å². The Morgan fingerprint density at radius 3 is 1.18 bits per heavy atom. The minimum atomic E-state index is -0.201. The van der Waals surface area contributed by atoms with Gasteiger partial charge in [-0.2, -0.15) is 11.3 Å². The Morgan fingerprint density at radius 2 is 0.733 bits per heavy atom. The first-order valence-electron chi connectivity index (χ1n) is 41.4. The van der Waals surface area contributed by atoms with Gasteiger partial charge in [-0.3, -0.25) is 34.9 Å². The molecule has 0 spiro atoms. The molecule has 13 nitrogen and oxygen atoms in total. The Morgan fingerprint density at radius 1 is 0.342 bits per heavy atom. The van der Waals surface area contributed by atoms with E-state index in [9.17, 15) is 4.39 Å². The third kappa shape index (κ3) is 20.3. The topological polar surface area (TPSA) is 143 Å². The number of hydrogen-bond donors (Lipinski definition) is 0. The summed E-state index contributed by atoms with van der Waals surface area (Å²) in [5.41, 5.74) is 27.1. The fraction of sp³-hybridized carbons (Fsp3) is 0.181. The Balaban J connectivity index is 0.000000112. The van der Waals surface area contributed by atoms with E-state index in [1.807, 2.05) is 78.5 Å². The Kier molecular flexibility index (Phi) is 25.5. The summed E-state index contributed by atoms with van der Waals surface area (Å²) >= 11 is 1.72. The number of benzene rings is 8. The SMILES string of the molecule is C1=C(c2ccsc2)N=C(CCc2ccc3ccccc3n2)C1.C1=CCC(C2=CCC(CCc3ccc4ccccc4n3)=N2)=C1.Cc1cccc(-c2cn(C)c(CCc3ccc4ccccc4n3)n2)c1.Cc1cccc(-c2cn(C)c(CCc3ccc4ccccc4n3)n2)c1F.Cc1ccccc1-c1cn(C)c(CCc2ccc3ccccc3n2)n1. The van der Waals surface area contributed by atoms with Gasteiger partial charge in [-0.1, -0.05) is 212 Å². The molecule has 3 aliphatic rings. The summed E-state index contributed by atoms with van der Waals surface area (Å²) in [6, 6.07) is 86.8.